The van der Waals surface area contributed by atoms with Gasteiger partial charge in [-0.1, -0.05) is 0 Å². The summed E-state index contributed by atoms with van der Waals surface area (Å²) in [5.74, 6) is 0.144. The SMILES string of the molecule is CCOc1cc(-c2ccc(F)cc2)nc2cc(C(=O)NCc3cnc[nH]3)ccc12. The maximum atomic E-state index is 13.3. The van der Waals surface area contributed by atoms with Gasteiger partial charge in [0.1, 0.15) is 11.6 Å². The van der Waals surface area contributed by atoms with Crippen LogP contribution in [-0.2, 0) is 6.54 Å². The zero-order valence-corrected chi connectivity index (χ0v) is 15.8. The molecule has 146 valence electrons. The molecule has 2 aromatic carbocycles. The number of amides is 1. The Labute approximate surface area is 166 Å². The third kappa shape index (κ3) is 4.08. The first-order chi connectivity index (χ1) is 14.1. The van der Waals surface area contributed by atoms with E-state index in [9.17, 15) is 9.18 Å². The summed E-state index contributed by atoms with van der Waals surface area (Å²) in [5.41, 5.74) is 3.35. The van der Waals surface area contributed by atoms with E-state index in [1.165, 1.54) is 12.1 Å². The van der Waals surface area contributed by atoms with Crippen molar-refractivity contribution < 1.29 is 13.9 Å². The highest BCUT2D eigenvalue weighted by molar-refractivity contribution is 5.99. The Morgan fingerprint density at radius 2 is 2.00 bits per heavy atom. The van der Waals surface area contributed by atoms with Crippen molar-refractivity contribution in [3.05, 3.63) is 78.1 Å². The van der Waals surface area contributed by atoms with Gasteiger partial charge in [-0.05, 0) is 49.4 Å². The fourth-order valence-corrected chi connectivity index (χ4v) is 3.04. The normalized spacial score (nSPS) is 10.8. The van der Waals surface area contributed by atoms with E-state index in [0.717, 1.165) is 16.6 Å². The van der Waals surface area contributed by atoms with Crippen molar-refractivity contribution in [1.82, 2.24) is 20.3 Å². The van der Waals surface area contributed by atoms with Gasteiger partial charge in [-0.3, -0.25) is 4.79 Å². The number of nitrogens with one attached hydrogen (secondary N) is 2. The molecule has 0 aliphatic rings. The second-order valence-electron chi connectivity index (χ2n) is 6.44. The van der Waals surface area contributed by atoms with Gasteiger partial charge in [0.25, 0.3) is 5.91 Å². The number of H-pyrrole nitrogens is 1. The summed E-state index contributed by atoms with van der Waals surface area (Å²) in [6.45, 7) is 2.75. The van der Waals surface area contributed by atoms with E-state index in [1.54, 1.807) is 36.8 Å². The Morgan fingerprint density at radius 3 is 2.72 bits per heavy atom. The van der Waals surface area contributed by atoms with Gasteiger partial charge in [0.05, 0.1) is 36.4 Å². The molecule has 0 fully saturated rings. The first kappa shape index (κ1) is 18.6. The number of hydrogen-bond acceptors (Lipinski definition) is 4. The van der Waals surface area contributed by atoms with Gasteiger partial charge in [0.2, 0.25) is 0 Å². The van der Waals surface area contributed by atoms with Gasteiger partial charge in [-0.25, -0.2) is 14.4 Å². The predicted molar refractivity (Wildman–Crippen MR) is 108 cm³/mol. The number of rotatable bonds is 6. The van der Waals surface area contributed by atoms with Crippen molar-refractivity contribution in [2.45, 2.75) is 13.5 Å². The third-order valence-corrected chi connectivity index (χ3v) is 4.47. The van der Waals surface area contributed by atoms with Crippen LogP contribution >= 0.6 is 0 Å². The van der Waals surface area contributed by atoms with Crippen molar-refractivity contribution in [3.63, 3.8) is 0 Å². The zero-order chi connectivity index (χ0) is 20.2. The van der Waals surface area contributed by atoms with Crippen LogP contribution in [0.4, 0.5) is 4.39 Å². The number of benzene rings is 2. The quantitative estimate of drug-likeness (QED) is 0.520. The van der Waals surface area contributed by atoms with Crippen molar-refractivity contribution in [3.8, 4) is 17.0 Å². The van der Waals surface area contributed by atoms with Crippen LogP contribution in [0.5, 0.6) is 5.75 Å². The highest BCUT2D eigenvalue weighted by atomic mass is 19.1. The van der Waals surface area contributed by atoms with Crippen LogP contribution in [-0.4, -0.2) is 27.5 Å². The molecule has 0 saturated carbocycles. The Morgan fingerprint density at radius 1 is 1.17 bits per heavy atom. The lowest BCUT2D eigenvalue weighted by Crippen LogP contribution is -2.22. The van der Waals surface area contributed by atoms with E-state index in [0.29, 0.717) is 35.7 Å². The lowest BCUT2D eigenvalue weighted by Gasteiger charge is -2.12. The van der Waals surface area contributed by atoms with Crippen LogP contribution in [0.15, 0.2) is 61.1 Å². The topological polar surface area (TPSA) is 79.9 Å². The van der Waals surface area contributed by atoms with Gasteiger partial charge in [-0.2, -0.15) is 0 Å². The maximum absolute atomic E-state index is 13.3. The molecule has 0 aliphatic heterocycles. The first-order valence-corrected chi connectivity index (χ1v) is 9.23. The van der Waals surface area contributed by atoms with E-state index in [-0.39, 0.29) is 11.7 Å². The fourth-order valence-electron chi connectivity index (χ4n) is 3.04. The number of aromatic nitrogens is 3. The van der Waals surface area contributed by atoms with E-state index in [1.807, 2.05) is 19.1 Å². The van der Waals surface area contributed by atoms with Gasteiger partial charge >= 0.3 is 0 Å². The number of ether oxygens (including phenoxy) is 1. The standard InChI is InChI=1S/C22H19FN4O2/c1-2-29-21-10-19(14-3-6-16(23)7-4-14)27-20-9-15(5-8-18(20)21)22(28)25-12-17-11-24-13-26-17/h3-11,13H,2,12H2,1H3,(H,24,26)(H,25,28). The molecule has 0 atom stereocenters. The van der Waals surface area contributed by atoms with E-state index >= 15 is 0 Å². The van der Waals surface area contributed by atoms with Crippen LogP contribution in [0, 0.1) is 5.82 Å². The van der Waals surface area contributed by atoms with Crippen molar-refractivity contribution >= 4 is 16.8 Å². The lowest BCUT2D eigenvalue weighted by atomic mass is 10.1. The molecule has 6 nitrogen and oxygen atoms in total. The molecule has 1 amide bonds. The van der Waals surface area contributed by atoms with Gasteiger partial charge in [0, 0.05) is 28.8 Å². The number of halogens is 1. The summed E-state index contributed by atoms with van der Waals surface area (Å²) >= 11 is 0. The molecule has 4 aromatic rings. The largest absolute Gasteiger partial charge is 0.493 e. The molecule has 7 heteroatoms. The fraction of sp³-hybridized carbons (Fsp3) is 0.136. The summed E-state index contributed by atoms with van der Waals surface area (Å²) in [7, 11) is 0. The minimum absolute atomic E-state index is 0.214. The number of imidazole rings is 1. The molecule has 4 rings (SSSR count). The lowest BCUT2D eigenvalue weighted by molar-refractivity contribution is 0.0950. The molecule has 0 radical (unpaired) electrons. The first-order valence-electron chi connectivity index (χ1n) is 9.23. The summed E-state index contributed by atoms with van der Waals surface area (Å²) < 4.78 is 19.1. The molecular weight excluding hydrogens is 371 g/mol. The maximum Gasteiger partial charge on any atom is 0.251 e. The number of pyridine rings is 1. The second kappa shape index (κ2) is 8.10. The van der Waals surface area contributed by atoms with E-state index < -0.39 is 0 Å². The minimum atomic E-state index is -0.309. The summed E-state index contributed by atoms with van der Waals surface area (Å²) in [5, 5.41) is 3.66. The molecule has 0 spiro atoms. The number of nitrogens with zero attached hydrogens (tertiary/aromatic N) is 2. The summed E-state index contributed by atoms with van der Waals surface area (Å²) in [6, 6.07) is 13.2. The number of carbonyl (C=O) groups is 1. The molecule has 29 heavy (non-hydrogen) atoms. The molecule has 2 N–H and O–H groups in total. The van der Waals surface area contributed by atoms with Crippen LogP contribution in [0.2, 0.25) is 0 Å². The van der Waals surface area contributed by atoms with Crippen LogP contribution in [0.25, 0.3) is 22.2 Å². The molecule has 0 saturated heterocycles. The number of hydrogen-bond donors (Lipinski definition) is 2. The average Bonchev–Trinajstić information content (AvgIpc) is 3.26. The van der Waals surface area contributed by atoms with Crippen LogP contribution < -0.4 is 10.1 Å². The highest BCUT2D eigenvalue weighted by Gasteiger charge is 2.12. The van der Waals surface area contributed by atoms with Crippen molar-refractivity contribution in [1.29, 1.82) is 0 Å². The summed E-state index contributed by atoms with van der Waals surface area (Å²) in [6.07, 6.45) is 3.22. The molecule has 2 heterocycles. The van der Waals surface area contributed by atoms with E-state index in [2.05, 4.69) is 20.3 Å². The second-order valence-corrected chi connectivity index (χ2v) is 6.44. The Hall–Kier alpha value is -3.74. The Bertz CT molecular complexity index is 1140. The van der Waals surface area contributed by atoms with Gasteiger partial charge in [-0.15, -0.1) is 0 Å². The third-order valence-electron chi connectivity index (χ3n) is 4.47. The molecule has 2 aromatic heterocycles. The van der Waals surface area contributed by atoms with E-state index in [4.69, 9.17) is 4.74 Å². The number of carbonyl (C=O) groups excluding carboxylic acids is 1. The molecule has 0 aliphatic carbocycles. The van der Waals surface area contributed by atoms with Crippen LogP contribution in [0.3, 0.4) is 0 Å². The Kier molecular flexibility index (Phi) is 5.20. The Balaban J connectivity index is 1.69. The van der Waals surface area contributed by atoms with Crippen LogP contribution in [0.1, 0.15) is 23.0 Å². The monoisotopic (exact) mass is 390 g/mol. The molecule has 0 bridgehead atoms. The number of fused-ring (bicyclic) bond motifs is 1. The van der Waals surface area contributed by atoms with Crippen molar-refractivity contribution in [2.24, 2.45) is 0 Å². The smallest absolute Gasteiger partial charge is 0.251 e. The zero-order valence-electron chi connectivity index (χ0n) is 15.8. The predicted octanol–water partition coefficient (Wildman–Crippen LogP) is 4.09. The van der Waals surface area contributed by atoms with Gasteiger partial charge in [0.15, 0.2) is 0 Å². The van der Waals surface area contributed by atoms with Gasteiger partial charge < -0.3 is 15.0 Å². The highest BCUT2D eigenvalue weighted by Crippen LogP contribution is 2.31. The van der Waals surface area contributed by atoms with Crippen molar-refractivity contribution in [2.75, 3.05) is 6.61 Å². The molecule has 0 unspecified atom stereocenters. The molecular formula is C22H19FN4O2. The summed E-state index contributed by atoms with van der Waals surface area (Å²) in [4.78, 5) is 24.1. The average molecular weight is 390 g/mol. The minimum Gasteiger partial charge on any atom is -0.493 e. The number of aromatic amines is 1.